The zero-order valence-corrected chi connectivity index (χ0v) is 11.4. The number of carbonyl (C=O) groups is 1. The van der Waals surface area contributed by atoms with Gasteiger partial charge in [-0.15, -0.1) is 0 Å². The summed E-state index contributed by atoms with van der Waals surface area (Å²) in [5, 5.41) is 9.68. The third kappa shape index (κ3) is 2.56. The summed E-state index contributed by atoms with van der Waals surface area (Å²) in [7, 11) is 0. The van der Waals surface area contributed by atoms with Gasteiger partial charge in [0.2, 0.25) is 0 Å². The first kappa shape index (κ1) is 13.1. The molecule has 1 N–H and O–H groups in total. The van der Waals surface area contributed by atoms with Gasteiger partial charge < -0.3 is 9.84 Å². The van der Waals surface area contributed by atoms with Gasteiger partial charge in [0.05, 0.1) is 5.52 Å². The average molecular weight is 279 g/mol. The van der Waals surface area contributed by atoms with Crippen LogP contribution < -0.4 is 4.74 Å². The topological polar surface area (TPSA) is 59.4 Å². The number of rotatable bonds is 2. The van der Waals surface area contributed by atoms with Gasteiger partial charge in [0, 0.05) is 17.1 Å². The van der Waals surface area contributed by atoms with Crippen molar-refractivity contribution in [1.82, 2.24) is 4.98 Å². The normalized spacial score (nSPS) is 10.5. The van der Waals surface area contributed by atoms with Crippen LogP contribution in [0.1, 0.15) is 5.56 Å². The Balaban J connectivity index is 2.26. The standard InChI is InChI=1S/C17H13NO3/c1-11-6-8-12(9-7-11)14-10-18-15-5-3-2-4-13(15)16(14)21-17(19)20/h2-10H,1H3,(H,19,20). The van der Waals surface area contributed by atoms with Gasteiger partial charge in [-0.3, -0.25) is 4.98 Å². The molecule has 21 heavy (non-hydrogen) atoms. The molecule has 0 aliphatic heterocycles. The Kier molecular flexibility index (Phi) is 3.28. The number of pyridine rings is 1. The summed E-state index contributed by atoms with van der Waals surface area (Å²) < 4.78 is 5.02. The summed E-state index contributed by atoms with van der Waals surface area (Å²) in [5.41, 5.74) is 3.36. The van der Waals surface area contributed by atoms with E-state index < -0.39 is 6.16 Å². The van der Waals surface area contributed by atoms with E-state index in [2.05, 4.69) is 4.98 Å². The van der Waals surface area contributed by atoms with Crippen molar-refractivity contribution >= 4 is 17.1 Å². The Hall–Kier alpha value is -2.88. The van der Waals surface area contributed by atoms with Gasteiger partial charge in [0.1, 0.15) is 0 Å². The maximum Gasteiger partial charge on any atom is 0.511 e. The minimum absolute atomic E-state index is 0.317. The molecule has 3 rings (SSSR count). The minimum atomic E-state index is -1.33. The lowest BCUT2D eigenvalue weighted by molar-refractivity contribution is 0.145. The van der Waals surface area contributed by atoms with E-state index in [1.807, 2.05) is 49.4 Å². The number of benzene rings is 2. The summed E-state index contributed by atoms with van der Waals surface area (Å²) in [6.45, 7) is 2.00. The number of nitrogens with zero attached hydrogens (tertiary/aromatic N) is 1. The van der Waals surface area contributed by atoms with E-state index in [4.69, 9.17) is 9.84 Å². The fourth-order valence-electron chi connectivity index (χ4n) is 2.25. The fraction of sp³-hybridized carbons (Fsp3) is 0.0588. The van der Waals surface area contributed by atoms with Gasteiger partial charge in [-0.1, -0.05) is 42.0 Å². The van der Waals surface area contributed by atoms with Gasteiger partial charge in [-0.05, 0) is 24.6 Å². The predicted octanol–water partition coefficient (Wildman–Crippen LogP) is 4.27. The second-order valence-electron chi connectivity index (χ2n) is 4.75. The lowest BCUT2D eigenvalue weighted by atomic mass is 10.0. The number of aromatic nitrogens is 1. The maximum atomic E-state index is 11.0. The summed E-state index contributed by atoms with van der Waals surface area (Å²) in [4.78, 5) is 15.4. The first-order valence-electron chi connectivity index (χ1n) is 6.51. The van der Waals surface area contributed by atoms with Gasteiger partial charge in [0.15, 0.2) is 5.75 Å². The third-order valence-electron chi connectivity index (χ3n) is 3.28. The van der Waals surface area contributed by atoms with Crippen LogP contribution in [0.2, 0.25) is 0 Å². The second-order valence-corrected chi connectivity index (χ2v) is 4.75. The summed E-state index contributed by atoms with van der Waals surface area (Å²) >= 11 is 0. The quantitative estimate of drug-likeness (QED) is 0.712. The molecule has 3 aromatic rings. The van der Waals surface area contributed by atoms with Crippen LogP contribution in [0.4, 0.5) is 4.79 Å². The van der Waals surface area contributed by atoms with Gasteiger partial charge in [-0.2, -0.15) is 0 Å². The number of hydrogen-bond donors (Lipinski definition) is 1. The highest BCUT2D eigenvalue weighted by Crippen LogP contribution is 2.35. The van der Waals surface area contributed by atoms with Crippen LogP contribution in [-0.4, -0.2) is 16.2 Å². The van der Waals surface area contributed by atoms with E-state index in [1.165, 1.54) is 0 Å². The molecule has 1 aromatic heterocycles. The molecular formula is C17H13NO3. The van der Waals surface area contributed by atoms with Crippen LogP contribution in [-0.2, 0) is 0 Å². The molecule has 0 radical (unpaired) electrons. The van der Waals surface area contributed by atoms with Gasteiger partial charge in [0.25, 0.3) is 0 Å². The van der Waals surface area contributed by atoms with Gasteiger partial charge in [-0.25, -0.2) is 4.79 Å². The molecule has 0 atom stereocenters. The zero-order valence-electron chi connectivity index (χ0n) is 11.4. The van der Waals surface area contributed by atoms with Crippen LogP contribution in [0, 0.1) is 6.92 Å². The number of ether oxygens (including phenoxy) is 1. The van der Waals surface area contributed by atoms with E-state index in [9.17, 15) is 4.79 Å². The number of para-hydroxylation sites is 1. The van der Waals surface area contributed by atoms with E-state index in [0.717, 1.165) is 11.1 Å². The Morgan fingerprint density at radius 1 is 1.10 bits per heavy atom. The molecule has 0 aliphatic carbocycles. The first-order chi connectivity index (χ1) is 10.1. The summed E-state index contributed by atoms with van der Waals surface area (Å²) in [6, 6.07) is 15.1. The highest BCUT2D eigenvalue weighted by molar-refractivity contribution is 5.93. The second kappa shape index (κ2) is 5.25. The molecule has 4 heteroatoms. The third-order valence-corrected chi connectivity index (χ3v) is 3.28. The van der Waals surface area contributed by atoms with Crippen molar-refractivity contribution in [3.05, 3.63) is 60.3 Å². The number of carboxylic acid groups (broad SMARTS) is 1. The first-order valence-corrected chi connectivity index (χ1v) is 6.51. The average Bonchev–Trinajstić information content (AvgIpc) is 2.48. The Morgan fingerprint density at radius 3 is 2.52 bits per heavy atom. The van der Waals surface area contributed by atoms with Crippen molar-refractivity contribution in [2.75, 3.05) is 0 Å². The molecule has 104 valence electrons. The smallest absolute Gasteiger partial charge is 0.449 e. The van der Waals surface area contributed by atoms with Crippen molar-refractivity contribution in [3.8, 4) is 16.9 Å². The van der Waals surface area contributed by atoms with Crippen LogP contribution >= 0.6 is 0 Å². The predicted molar refractivity (Wildman–Crippen MR) is 80.6 cm³/mol. The minimum Gasteiger partial charge on any atom is -0.449 e. The zero-order chi connectivity index (χ0) is 14.8. The van der Waals surface area contributed by atoms with E-state index in [-0.39, 0.29) is 0 Å². The van der Waals surface area contributed by atoms with E-state index >= 15 is 0 Å². The Bertz CT molecular complexity index is 810. The molecule has 0 saturated heterocycles. The number of hydrogen-bond acceptors (Lipinski definition) is 3. The number of fused-ring (bicyclic) bond motifs is 1. The molecule has 0 aliphatic rings. The molecule has 0 unspecified atom stereocenters. The van der Waals surface area contributed by atoms with Crippen LogP contribution in [0.3, 0.4) is 0 Å². The largest absolute Gasteiger partial charge is 0.511 e. The molecular weight excluding hydrogens is 266 g/mol. The van der Waals surface area contributed by atoms with E-state index in [1.54, 1.807) is 12.3 Å². The van der Waals surface area contributed by atoms with Crippen LogP contribution in [0.15, 0.2) is 54.7 Å². The van der Waals surface area contributed by atoms with Crippen LogP contribution in [0.5, 0.6) is 5.75 Å². The molecule has 0 fully saturated rings. The van der Waals surface area contributed by atoms with Gasteiger partial charge >= 0.3 is 6.16 Å². The lowest BCUT2D eigenvalue weighted by Gasteiger charge is -2.11. The molecule has 4 nitrogen and oxygen atoms in total. The highest BCUT2D eigenvalue weighted by atomic mass is 16.7. The van der Waals surface area contributed by atoms with Crippen molar-refractivity contribution in [3.63, 3.8) is 0 Å². The maximum absolute atomic E-state index is 11.0. The number of aryl methyl sites for hydroxylation is 1. The molecule has 0 saturated carbocycles. The monoisotopic (exact) mass is 279 g/mol. The highest BCUT2D eigenvalue weighted by Gasteiger charge is 2.14. The lowest BCUT2D eigenvalue weighted by Crippen LogP contribution is -2.05. The van der Waals surface area contributed by atoms with Crippen molar-refractivity contribution in [2.24, 2.45) is 0 Å². The Morgan fingerprint density at radius 2 is 1.81 bits per heavy atom. The summed E-state index contributed by atoms with van der Waals surface area (Å²) in [5.74, 6) is 0.317. The molecule has 2 aromatic carbocycles. The van der Waals surface area contributed by atoms with Crippen molar-refractivity contribution in [2.45, 2.75) is 6.92 Å². The Labute approximate surface area is 121 Å². The van der Waals surface area contributed by atoms with Crippen LogP contribution in [0.25, 0.3) is 22.0 Å². The molecule has 1 heterocycles. The SMILES string of the molecule is Cc1ccc(-c2cnc3ccccc3c2OC(=O)O)cc1. The molecule has 0 amide bonds. The summed E-state index contributed by atoms with van der Waals surface area (Å²) in [6.07, 6.45) is 0.311. The molecule has 0 spiro atoms. The fourth-order valence-corrected chi connectivity index (χ4v) is 2.25. The van der Waals surface area contributed by atoms with Crippen molar-refractivity contribution < 1.29 is 14.6 Å². The van der Waals surface area contributed by atoms with E-state index in [0.29, 0.717) is 22.2 Å². The molecule has 0 bridgehead atoms. The van der Waals surface area contributed by atoms with Crippen molar-refractivity contribution in [1.29, 1.82) is 0 Å².